The van der Waals surface area contributed by atoms with Crippen molar-refractivity contribution in [3.05, 3.63) is 83.5 Å². The van der Waals surface area contributed by atoms with Gasteiger partial charge >= 0.3 is 0 Å². The quantitative estimate of drug-likeness (QED) is 0.315. The van der Waals surface area contributed by atoms with Gasteiger partial charge in [0.2, 0.25) is 0 Å². The molecule has 57 heavy (non-hydrogen) atoms. The van der Waals surface area contributed by atoms with Crippen LogP contribution in [0.3, 0.4) is 0 Å². The Morgan fingerprint density at radius 1 is 0.632 bits per heavy atom. The van der Waals surface area contributed by atoms with Crippen LogP contribution < -0.4 is 5.73 Å². The van der Waals surface area contributed by atoms with Crippen molar-refractivity contribution in [3.8, 4) is 0 Å². The number of carbonyl (C=O) groups is 1. The topological polar surface area (TPSA) is 81.2 Å². The van der Waals surface area contributed by atoms with Crippen LogP contribution in [0.4, 0.5) is 0 Å². The highest BCUT2D eigenvalue weighted by atomic mass is 16.1. The van der Waals surface area contributed by atoms with Crippen molar-refractivity contribution in [2.24, 2.45) is 79.7 Å². The van der Waals surface area contributed by atoms with Crippen LogP contribution in [-0.2, 0) is 17.9 Å². The number of rotatable bonds is 3. The summed E-state index contributed by atoms with van der Waals surface area (Å²) in [6.07, 6.45) is 29.6. The lowest BCUT2D eigenvalue weighted by Gasteiger charge is -2.57. The summed E-state index contributed by atoms with van der Waals surface area (Å²) < 4.78 is 0. The third-order valence-electron chi connectivity index (χ3n) is 18.2. The molecule has 8 aliphatic rings. The first-order valence-electron chi connectivity index (χ1n) is 23.3. The van der Waals surface area contributed by atoms with Gasteiger partial charge in [0.15, 0.2) is 0 Å². The fourth-order valence-corrected chi connectivity index (χ4v) is 14.7. The molecular formula is C52H74N4O. The molecule has 10 rings (SSSR count). The van der Waals surface area contributed by atoms with Gasteiger partial charge in [-0.2, -0.15) is 0 Å². The van der Waals surface area contributed by atoms with Gasteiger partial charge in [0.05, 0.1) is 17.9 Å². The minimum Gasteiger partial charge on any atom is -0.325 e. The molecule has 2 N–H and O–H groups in total. The van der Waals surface area contributed by atoms with E-state index in [2.05, 4.69) is 75.8 Å². The van der Waals surface area contributed by atoms with Gasteiger partial charge in [0, 0.05) is 41.9 Å². The number of Topliss-reactive ketones (excluding diaryl/α,β-unsaturated/α-hetero) is 1. The monoisotopic (exact) mass is 771 g/mol. The second kappa shape index (κ2) is 16.3. The van der Waals surface area contributed by atoms with Crippen LogP contribution in [0.1, 0.15) is 156 Å². The summed E-state index contributed by atoms with van der Waals surface area (Å²) in [6, 6.07) is 11.9. The molecule has 6 saturated carbocycles. The molecule has 0 aromatic carbocycles. The highest BCUT2D eigenvalue weighted by Crippen LogP contribution is 2.66. The van der Waals surface area contributed by atoms with Crippen molar-refractivity contribution in [3.63, 3.8) is 0 Å². The number of hydrogen-bond donors (Lipinski definition) is 1. The van der Waals surface area contributed by atoms with Crippen molar-refractivity contribution >= 4 is 11.5 Å². The summed E-state index contributed by atoms with van der Waals surface area (Å²) in [6.45, 7) is 16.2. The molecule has 5 nitrogen and oxygen atoms in total. The number of hydrogen-bond acceptors (Lipinski definition) is 5. The average molecular weight is 771 g/mol. The fraction of sp³-hybridized carbons (Fsp3) is 0.692. The van der Waals surface area contributed by atoms with E-state index in [0.717, 1.165) is 72.2 Å². The molecule has 6 fully saturated rings. The molecule has 2 heterocycles. The standard InChI is InChI=1S/C26H36N2.C20H30O.C6H8N2/c1-18-11-13-25(2)19(16-18)7-8-21-22-9-10-24(26(22,3)14-12-23(21)25)28-17-20-6-4-5-15-27-20;1-13-8-10-19(2)14(12-13)4-5-15-16-6-7-18(21)20(16,3)11-9-17(15)19;7-5-6-3-1-2-4-8-6/h4-7,15,18,21-23H,8-14,16-17H2,1-3H3;4,13,15-17H,5-12H2,1-3H3;1-4H,5,7H2/t18-,21-,22-,23-,25-,26-;13-,15-,16-,17-,19-,20-;/m00./s1. The largest absolute Gasteiger partial charge is 0.325 e. The lowest BCUT2D eigenvalue weighted by atomic mass is 9.47. The van der Waals surface area contributed by atoms with Crippen molar-refractivity contribution in [1.82, 2.24) is 9.97 Å². The van der Waals surface area contributed by atoms with E-state index in [9.17, 15) is 4.79 Å². The summed E-state index contributed by atoms with van der Waals surface area (Å²) >= 11 is 0. The molecule has 0 unspecified atom stereocenters. The molecular weight excluding hydrogens is 697 g/mol. The number of carbonyl (C=O) groups excluding carboxylic acids is 1. The highest BCUT2D eigenvalue weighted by molar-refractivity contribution is 5.92. The second-order valence-electron chi connectivity index (χ2n) is 21.2. The zero-order chi connectivity index (χ0) is 40.0. The number of fused-ring (bicyclic) bond motifs is 10. The Morgan fingerprint density at radius 3 is 1.65 bits per heavy atom. The molecule has 12 atom stereocenters. The predicted molar refractivity (Wildman–Crippen MR) is 234 cm³/mol. The first-order valence-corrected chi connectivity index (χ1v) is 23.3. The average Bonchev–Trinajstić information content (AvgIpc) is 3.73. The van der Waals surface area contributed by atoms with E-state index < -0.39 is 0 Å². The first-order chi connectivity index (χ1) is 27.4. The number of ketones is 1. The Balaban J connectivity index is 0.000000137. The fourth-order valence-electron chi connectivity index (χ4n) is 14.7. The van der Waals surface area contributed by atoms with Gasteiger partial charge in [-0.1, -0.05) is 77.0 Å². The smallest absolute Gasteiger partial charge is 0.139 e. The van der Waals surface area contributed by atoms with E-state index in [4.69, 9.17) is 10.7 Å². The normalized spacial score (nSPS) is 42.2. The zero-order valence-electron chi connectivity index (χ0n) is 36.4. The molecule has 5 heteroatoms. The number of pyridine rings is 2. The maximum Gasteiger partial charge on any atom is 0.139 e. The lowest BCUT2D eigenvalue weighted by Crippen LogP contribution is -2.50. The van der Waals surface area contributed by atoms with Crippen LogP contribution in [0.5, 0.6) is 0 Å². The van der Waals surface area contributed by atoms with Gasteiger partial charge in [0.1, 0.15) is 5.78 Å². The zero-order valence-corrected chi connectivity index (χ0v) is 36.4. The predicted octanol–water partition coefficient (Wildman–Crippen LogP) is 12.3. The van der Waals surface area contributed by atoms with Crippen LogP contribution in [-0.4, -0.2) is 21.5 Å². The van der Waals surface area contributed by atoms with Gasteiger partial charge in [-0.05, 0) is 179 Å². The van der Waals surface area contributed by atoms with Crippen LogP contribution in [0.25, 0.3) is 0 Å². The van der Waals surface area contributed by atoms with E-state index in [1.807, 2.05) is 36.0 Å². The molecule has 0 radical (unpaired) electrons. The Kier molecular flexibility index (Phi) is 11.7. The van der Waals surface area contributed by atoms with Crippen LogP contribution in [0.15, 0.2) is 77.1 Å². The lowest BCUT2D eigenvalue weighted by molar-refractivity contribution is -0.131. The minimum absolute atomic E-state index is 0.0326. The molecule has 0 aliphatic heterocycles. The van der Waals surface area contributed by atoms with Gasteiger partial charge in [0.25, 0.3) is 0 Å². The first kappa shape index (κ1) is 40.8. The Morgan fingerprint density at radius 2 is 1.12 bits per heavy atom. The van der Waals surface area contributed by atoms with E-state index in [-0.39, 0.29) is 5.41 Å². The van der Waals surface area contributed by atoms with Crippen LogP contribution in [0.2, 0.25) is 0 Å². The van der Waals surface area contributed by atoms with Gasteiger partial charge in [-0.15, -0.1) is 0 Å². The van der Waals surface area contributed by atoms with Gasteiger partial charge in [-0.25, -0.2) is 0 Å². The van der Waals surface area contributed by atoms with Gasteiger partial charge in [-0.3, -0.25) is 19.8 Å². The van der Waals surface area contributed by atoms with Crippen molar-refractivity contribution in [1.29, 1.82) is 0 Å². The maximum absolute atomic E-state index is 12.4. The summed E-state index contributed by atoms with van der Waals surface area (Å²) in [5.41, 5.74) is 13.7. The van der Waals surface area contributed by atoms with Crippen LogP contribution >= 0.6 is 0 Å². The SMILES string of the molecule is C[C@H]1CC[C@@]2(C)C(=CC[C@@H]3[C@@H]2CC[C@]2(C)C(=NCc4ccccn4)CC[C@@H]32)C1.C[C@H]1CC[C@@]2(C)C(=CC[C@@H]3[C@@H]2CC[C@]2(C)C(=O)CC[C@@H]32)C1.NCc1ccccn1. The molecule has 0 bridgehead atoms. The summed E-state index contributed by atoms with van der Waals surface area (Å²) in [5.74, 6) is 7.29. The second-order valence-corrected chi connectivity index (χ2v) is 21.2. The van der Waals surface area contributed by atoms with E-state index in [0.29, 0.717) is 34.5 Å². The molecule has 2 aromatic heterocycles. The molecule has 0 spiro atoms. The molecule has 8 aliphatic carbocycles. The number of nitrogens with two attached hydrogens (primary N) is 1. The van der Waals surface area contributed by atoms with Crippen molar-refractivity contribution in [2.45, 2.75) is 157 Å². The maximum atomic E-state index is 12.4. The summed E-state index contributed by atoms with van der Waals surface area (Å²) in [7, 11) is 0. The third-order valence-corrected chi connectivity index (χ3v) is 18.2. The van der Waals surface area contributed by atoms with E-state index >= 15 is 0 Å². The molecule has 308 valence electrons. The Hall–Kier alpha value is -2.92. The van der Waals surface area contributed by atoms with Crippen molar-refractivity contribution < 1.29 is 4.79 Å². The number of allylic oxidation sites excluding steroid dienone is 4. The van der Waals surface area contributed by atoms with E-state index in [1.165, 1.54) is 95.6 Å². The van der Waals surface area contributed by atoms with E-state index in [1.54, 1.807) is 11.8 Å². The summed E-state index contributed by atoms with van der Waals surface area (Å²) in [5, 5.41) is 0. The van der Waals surface area contributed by atoms with Crippen LogP contribution in [0, 0.1) is 69.0 Å². The number of nitrogens with zero attached hydrogens (tertiary/aromatic N) is 3. The van der Waals surface area contributed by atoms with Crippen molar-refractivity contribution in [2.75, 3.05) is 0 Å². The molecule has 2 aromatic rings. The number of aromatic nitrogens is 2. The van der Waals surface area contributed by atoms with Gasteiger partial charge < -0.3 is 5.73 Å². The Bertz CT molecular complexity index is 1830. The molecule has 0 amide bonds. The Labute approximate surface area is 345 Å². The summed E-state index contributed by atoms with van der Waals surface area (Å²) in [4.78, 5) is 26.0. The number of aliphatic imine (C=N–C) groups is 1. The third kappa shape index (κ3) is 7.48. The minimum atomic E-state index is 0.0326. The molecule has 0 saturated heterocycles. The highest BCUT2D eigenvalue weighted by Gasteiger charge is 2.59.